The first-order valence-electron chi connectivity index (χ1n) is 6.12. The van der Waals surface area contributed by atoms with E-state index >= 15 is 0 Å². The number of nitrogens with one attached hydrogen (secondary N) is 1. The number of fused-ring (bicyclic) bond motifs is 1. The second-order valence-electron chi connectivity index (χ2n) is 4.39. The Morgan fingerprint density at radius 2 is 2.11 bits per heavy atom. The minimum Gasteiger partial charge on any atom is -0.338 e. The van der Waals surface area contributed by atoms with E-state index in [-0.39, 0.29) is 5.82 Å². The van der Waals surface area contributed by atoms with Crippen LogP contribution in [0.3, 0.4) is 0 Å². The van der Waals surface area contributed by atoms with Crippen molar-refractivity contribution in [1.82, 2.24) is 9.97 Å². The number of benzene rings is 2. The van der Waals surface area contributed by atoms with Crippen molar-refractivity contribution in [2.75, 3.05) is 0 Å². The fourth-order valence-electron chi connectivity index (χ4n) is 2.12. The molecule has 0 bridgehead atoms. The number of hydrogen-bond donors (Lipinski definition) is 1. The number of H-pyrrole nitrogens is 1. The maximum Gasteiger partial charge on any atom is 0.142 e. The molecule has 3 aromatic rings. The van der Waals surface area contributed by atoms with Gasteiger partial charge < -0.3 is 4.98 Å². The van der Waals surface area contributed by atoms with Crippen LogP contribution in [0.15, 0.2) is 36.4 Å². The molecule has 0 aliphatic rings. The molecule has 2 nitrogen and oxygen atoms in total. The van der Waals surface area contributed by atoms with Crippen molar-refractivity contribution in [3.05, 3.63) is 52.8 Å². The van der Waals surface area contributed by atoms with Crippen molar-refractivity contribution in [2.24, 2.45) is 0 Å². The molecule has 2 aromatic carbocycles. The molecule has 1 N–H and O–H groups in total. The van der Waals surface area contributed by atoms with Crippen molar-refractivity contribution in [1.29, 1.82) is 0 Å². The van der Waals surface area contributed by atoms with Crippen LogP contribution in [0.1, 0.15) is 12.5 Å². The molecule has 0 aliphatic heterocycles. The minimum absolute atomic E-state index is 0.318. The first kappa shape index (κ1) is 12.2. The quantitative estimate of drug-likeness (QED) is 0.728. The molecule has 1 heterocycles. The van der Waals surface area contributed by atoms with Gasteiger partial charge in [-0.1, -0.05) is 30.7 Å². The van der Waals surface area contributed by atoms with Crippen molar-refractivity contribution in [3.63, 3.8) is 0 Å². The zero-order valence-corrected chi connectivity index (χ0v) is 11.1. The van der Waals surface area contributed by atoms with E-state index < -0.39 is 0 Å². The number of nitrogens with zero attached hydrogens (tertiary/aromatic N) is 1. The van der Waals surface area contributed by atoms with Gasteiger partial charge in [0, 0.05) is 0 Å². The van der Waals surface area contributed by atoms with Crippen molar-refractivity contribution >= 4 is 22.6 Å². The highest BCUT2D eigenvalue weighted by atomic mass is 35.5. The summed E-state index contributed by atoms with van der Waals surface area (Å²) in [5, 5.41) is 0.356. The highest BCUT2D eigenvalue weighted by Gasteiger charge is 2.13. The van der Waals surface area contributed by atoms with Crippen LogP contribution in [0.25, 0.3) is 22.4 Å². The topological polar surface area (TPSA) is 28.7 Å². The van der Waals surface area contributed by atoms with Crippen LogP contribution in [0.5, 0.6) is 0 Å². The van der Waals surface area contributed by atoms with E-state index in [1.54, 1.807) is 12.1 Å². The van der Waals surface area contributed by atoms with Crippen molar-refractivity contribution in [2.45, 2.75) is 13.3 Å². The van der Waals surface area contributed by atoms with E-state index in [1.807, 2.05) is 18.2 Å². The molecule has 0 atom stereocenters. The number of rotatable bonds is 2. The molecule has 0 saturated carbocycles. The fraction of sp³-hybridized carbons (Fsp3) is 0.133. The van der Waals surface area contributed by atoms with Gasteiger partial charge in [-0.15, -0.1) is 0 Å². The predicted molar refractivity (Wildman–Crippen MR) is 75.9 cm³/mol. The molecule has 0 fully saturated rings. The van der Waals surface area contributed by atoms with Gasteiger partial charge >= 0.3 is 0 Å². The lowest BCUT2D eigenvalue weighted by Crippen LogP contribution is -1.87. The SMILES string of the molecule is CCc1ccc2nc(-c3c(F)cccc3Cl)[nH]c2c1. The Morgan fingerprint density at radius 3 is 2.84 bits per heavy atom. The maximum atomic E-state index is 13.9. The first-order valence-corrected chi connectivity index (χ1v) is 6.50. The predicted octanol–water partition coefficient (Wildman–Crippen LogP) is 4.58. The molecule has 19 heavy (non-hydrogen) atoms. The third-order valence-electron chi connectivity index (χ3n) is 3.15. The van der Waals surface area contributed by atoms with Crippen LogP contribution in [0.2, 0.25) is 5.02 Å². The van der Waals surface area contributed by atoms with Gasteiger partial charge in [-0.2, -0.15) is 0 Å². The van der Waals surface area contributed by atoms with Gasteiger partial charge in [-0.3, -0.25) is 0 Å². The Balaban J connectivity index is 2.21. The summed E-state index contributed by atoms with van der Waals surface area (Å²) in [6.45, 7) is 2.09. The van der Waals surface area contributed by atoms with Gasteiger partial charge in [0.25, 0.3) is 0 Å². The smallest absolute Gasteiger partial charge is 0.142 e. The number of aromatic amines is 1. The third-order valence-corrected chi connectivity index (χ3v) is 3.47. The second kappa shape index (κ2) is 4.67. The summed E-state index contributed by atoms with van der Waals surface area (Å²) in [5.41, 5.74) is 3.24. The Morgan fingerprint density at radius 1 is 1.26 bits per heavy atom. The molecule has 3 rings (SSSR count). The van der Waals surface area contributed by atoms with Crippen molar-refractivity contribution < 1.29 is 4.39 Å². The van der Waals surface area contributed by atoms with E-state index in [9.17, 15) is 4.39 Å². The lowest BCUT2D eigenvalue weighted by molar-refractivity contribution is 0.630. The van der Waals surface area contributed by atoms with E-state index in [4.69, 9.17) is 11.6 Å². The third kappa shape index (κ3) is 2.10. The number of aromatic nitrogens is 2. The summed E-state index contributed by atoms with van der Waals surface area (Å²) < 4.78 is 13.9. The molecule has 4 heteroatoms. The van der Waals surface area contributed by atoms with Gasteiger partial charge in [0.05, 0.1) is 21.6 Å². The Kier molecular flexibility index (Phi) is 2.99. The van der Waals surface area contributed by atoms with Gasteiger partial charge in [0.1, 0.15) is 11.6 Å². The summed E-state index contributed by atoms with van der Waals surface area (Å²) in [4.78, 5) is 7.53. The number of halogens is 2. The van der Waals surface area contributed by atoms with Crippen LogP contribution < -0.4 is 0 Å². The molecule has 0 saturated heterocycles. The average Bonchev–Trinajstić information content (AvgIpc) is 2.80. The van der Waals surface area contributed by atoms with Gasteiger partial charge in [0.15, 0.2) is 0 Å². The zero-order chi connectivity index (χ0) is 13.4. The molecule has 0 spiro atoms. The molecule has 0 aliphatic carbocycles. The highest BCUT2D eigenvalue weighted by molar-refractivity contribution is 6.33. The van der Waals surface area contributed by atoms with E-state index in [2.05, 4.69) is 16.9 Å². The molecule has 0 radical (unpaired) electrons. The lowest BCUT2D eigenvalue weighted by Gasteiger charge is -2.01. The average molecular weight is 275 g/mol. The Labute approximate surface area is 115 Å². The standard InChI is InChI=1S/C15H12ClFN2/c1-2-9-6-7-12-13(8-9)19-15(18-12)14-10(16)4-3-5-11(14)17/h3-8H,2H2,1H3,(H,18,19). The molecule has 0 amide bonds. The molecular formula is C15H12ClFN2. The summed E-state index contributed by atoms with van der Waals surface area (Å²) >= 11 is 6.05. The van der Waals surface area contributed by atoms with Crippen LogP contribution in [0, 0.1) is 5.82 Å². The molecule has 1 aromatic heterocycles. The van der Waals surface area contributed by atoms with Crippen LogP contribution in [-0.2, 0) is 6.42 Å². The number of hydrogen-bond acceptors (Lipinski definition) is 1. The second-order valence-corrected chi connectivity index (χ2v) is 4.79. The van der Waals surface area contributed by atoms with Gasteiger partial charge in [0.2, 0.25) is 0 Å². The summed E-state index contributed by atoms with van der Waals surface area (Å²) in [6.07, 6.45) is 0.949. The fourth-order valence-corrected chi connectivity index (χ4v) is 2.37. The normalized spacial score (nSPS) is 11.1. The van der Waals surface area contributed by atoms with Gasteiger partial charge in [-0.25, -0.2) is 9.37 Å². The molecule has 0 unspecified atom stereocenters. The minimum atomic E-state index is -0.373. The van der Waals surface area contributed by atoms with Gasteiger partial charge in [-0.05, 0) is 36.2 Å². The monoisotopic (exact) mass is 274 g/mol. The van der Waals surface area contributed by atoms with Crippen LogP contribution in [-0.4, -0.2) is 9.97 Å². The summed E-state index contributed by atoms with van der Waals surface area (Å²) in [6, 6.07) is 10.6. The van der Waals surface area contributed by atoms with Crippen molar-refractivity contribution in [3.8, 4) is 11.4 Å². The maximum absolute atomic E-state index is 13.9. The van der Waals surface area contributed by atoms with Crippen LogP contribution in [0.4, 0.5) is 4.39 Å². The molecular weight excluding hydrogens is 263 g/mol. The number of imidazole rings is 1. The van der Waals surface area contributed by atoms with E-state index in [0.29, 0.717) is 16.4 Å². The summed E-state index contributed by atoms with van der Waals surface area (Å²) in [5.74, 6) is 0.0913. The summed E-state index contributed by atoms with van der Waals surface area (Å²) in [7, 11) is 0. The molecule has 96 valence electrons. The van der Waals surface area contributed by atoms with E-state index in [0.717, 1.165) is 17.5 Å². The Bertz CT molecular complexity index is 729. The first-order chi connectivity index (χ1) is 9.19. The zero-order valence-electron chi connectivity index (χ0n) is 10.4. The van der Waals surface area contributed by atoms with Crippen LogP contribution >= 0.6 is 11.6 Å². The largest absolute Gasteiger partial charge is 0.338 e. The van der Waals surface area contributed by atoms with E-state index in [1.165, 1.54) is 11.6 Å². The Hall–Kier alpha value is -1.87. The number of aryl methyl sites for hydroxylation is 1. The highest BCUT2D eigenvalue weighted by Crippen LogP contribution is 2.30. The lowest BCUT2D eigenvalue weighted by atomic mass is 10.1.